The summed E-state index contributed by atoms with van der Waals surface area (Å²) in [6.07, 6.45) is -5.24. The Kier molecular flexibility index (Phi) is 8.25. The van der Waals surface area contributed by atoms with Gasteiger partial charge in [-0.3, -0.25) is 0 Å². The summed E-state index contributed by atoms with van der Waals surface area (Å²) in [7, 11) is -0.492. The Bertz CT molecular complexity index is 1510. The summed E-state index contributed by atoms with van der Waals surface area (Å²) < 4.78 is 33.7. The van der Waals surface area contributed by atoms with Gasteiger partial charge in [-0.25, -0.2) is 8.42 Å². The standard InChI is InChI=1S/C27H31N3O6S2/c1-5-20-25(31)26(32)24(27(33)36-20)29-38(34,35)23(14-28)15(2)21-10-11-22(37-21)18-7-6-17-13-19(30(3)4)9-8-16(17)12-18/h6-13,20,24-27,29,31-33H,5H2,1-4H3/b23-15+/t20-,24-,25-,26-,27?/m1/s1. The molecule has 0 spiro atoms. The minimum Gasteiger partial charge on any atom is -0.388 e. The average Bonchev–Trinajstić information content (AvgIpc) is 3.38. The number of nitrogens with one attached hydrogen (secondary N) is 1. The van der Waals surface area contributed by atoms with Gasteiger partial charge in [0.05, 0.1) is 6.10 Å². The molecule has 1 fully saturated rings. The molecule has 1 aliphatic rings. The number of rotatable bonds is 7. The molecule has 4 rings (SSSR count). The number of sulfonamides is 1. The smallest absolute Gasteiger partial charge is 0.251 e. The van der Waals surface area contributed by atoms with Crippen LogP contribution in [0.3, 0.4) is 0 Å². The van der Waals surface area contributed by atoms with E-state index in [4.69, 9.17) is 4.74 Å². The summed E-state index contributed by atoms with van der Waals surface area (Å²) in [5.74, 6) is 0. The van der Waals surface area contributed by atoms with Gasteiger partial charge in [0.25, 0.3) is 10.0 Å². The molecule has 1 unspecified atom stereocenters. The molecule has 0 radical (unpaired) electrons. The molecule has 1 aliphatic heterocycles. The lowest BCUT2D eigenvalue weighted by Gasteiger charge is -2.40. The van der Waals surface area contributed by atoms with Gasteiger partial charge in [-0.15, -0.1) is 11.3 Å². The van der Waals surface area contributed by atoms with Crippen molar-refractivity contribution in [3.63, 3.8) is 0 Å². The zero-order chi connectivity index (χ0) is 27.8. The highest BCUT2D eigenvalue weighted by Crippen LogP contribution is 2.36. The lowest BCUT2D eigenvalue weighted by atomic mass is 9.96. The zero-order valence-corrected chi connectivity index (χ0v) is 23.1. The van der Waals surface area contributed by atoms with E-state index in [-0.39, 0.29) is 5.57 Å². The molecule has 0 bridgehead atoms. The summed E-state index contributed by atoms with van der Waals surface area (Å²) in [5, 5.41) is 42.8. The fourth-order valence-corrected chi connectivity index (χ4v) is 6.90. The van der Waals surface area contributed by atoms with Crippen molar-refractivity contribution in [1.82, 2.24) is 4.72 Å². The van der Waals surface area contributed by atoms with Crippen molar-refractivity contribution < 1.29 is 28.5 Å². The van der Waals surface area contributed by atoms with E-state index < -0.39 is 45.6 Å². The Morgan fingerprint density at radius 2 is 1.76 bits per heavy atom. The van der Waals surface area contributed by atoms with Crippen LogP contribution < -0.4 is 9.62 Å². The number of hydrogen-bond donors (Lipinski definition) is 4. The number of hydrogen-bond acceptors (Lipinski definition) is 9. The number of aliphatic hydroxyl groups excluding tert-OH is 3. The maximum Gasteiger partial charge on any atom is 0.251 e. The van der Waals surface area contributed by atoms with E-state index in [0.29, 0.717) is 11.3 Å². The Morgan fingerprint density at radius 1 is 1.08 bits per heavy atom. The minimum absolute atomic E-state index is 0.223. The van der Waals surface area contributed by atoms with Crippen LogP contribution in [0.1, 0.15) is 25.1 Å². The van der Waals surface area contributed by atoms with Crippen molar-refractivity contribution in [3.05, 3.63) is 58.3 Å². The summed E-state index contributed by atoms with van der Waals surface area (Å²) in [6, 6.07) is 16.1. The summed E-state index contributed by atoms with van der Waals surface area (Å²) >= 11 is 1.35. The lowest BCUT2D eigenvalue weighted by Crippen LogP contribution is -2.63. The first-order valence-corrected chi connectivity index (χ1v) is 14.4. The van der Waals surface area contributed by atoms with Gasteiger partial charge in [0.1, 0.15) is 24.3 Å². The molecule has 4 N–H and O–H groups in total. The molecule has 2 heterocycles. The number of benzene rings is 2. The molecule has 0 saturated carbocycles. The van der Waals surface area contributed by atoms with E-state index in [2.05, 4.69) is 22.9 Å². The number of ether oxygens (including phenoxy) is 1. The van der Waals surface area contributed by atoms with Crippen molar-refractivity contribution in [2.75, 3.05) is 19.0 Å². The highest BCUT2D eigenvalue weighted by Gasteiger charge is 2.45. The summed E-state index contributed by atoms with van der Waals surface area (Å²) in [4.78, 5) is 2.97. The molecule has 3 aromatic rings. The largest absolute Gasteiger partial charge is 0.388 e. The fraction of sp³-hybridized carbons (Fsp3) is 0.370. The molecular weight excluding hydrogens is 526 g/mol. The maximum absolute atomic E-state index is 13.1. The van der Waals surface area contributed by atoms with Crippen LogP contribution >= 0.6 is 11.3 Å². The molecule has 38 heavy (non-hydrogen) atoms. The van der Waals surface area contributed by atoms with E-state index in [1.54, 1.807) is 19.1 Å². The van der Waals surface area contributed by atoms with Gasteiger partial charge in [0.2, 0.25) is 0 Å². The number of fused-ring (bicyclic) bond motifs is 1. The van der Waals surface area contributed by atoms with Crippen LogP contribution in [0.15, 0.2) is 53.4 Å². The van der Waals surface area contributed by atoms with Crippen molar-refractivity contribution in [3.8, 4) is 16.5 Å². The Morgan fingerprint density at radius 3 is 2.42 bits per heavy atom. The first-order valence-electron chi connectivity index (χ1n) is 12.1. The molecule has 2 aromatic carbocycles. The SMILES string of the molecule is CC[C@H]1OC(O)[C@H](NS(=O)(=O)/C(C#N)=C(\C)c2ccc(-c3ccc4cc(N(C)C)ccc4c3)s2)[C@@H](O)[C@@H]1O. The quantitative estimate of drug-likeness (QED) is 0.325. The van der Waals surface area contributed by atoms with Crippen LogP contribution in [-0.2, 0) is 14.8 Å². The normalized spacial score (nSPS) is 24.6. The highest BCUT2D eigenvalue weighted by atomic mass is 32.2. The van der Waals surface area contributed by atoms with E-state index in [1.165, 1.54) is 18.3 Å². The summed E-state index contributed by atoms with van der Waals surface area (Å²) in [6.45, 7) is 3.23. The minimum atomic E-state index is -4.47. The second-order valence-corrected chi connectivity index (χ2v) is 12.2. The van der Waals surface area contributed by atoms with Crippen LogP contribution in [0.25, 0.3) is 26.8 Å². The number of nitrogens with zero attached hydrogens (tertiary/aromatic N) is 2. The van der Waals surface area contributed by atoms with Crippen molar-refractivity contribution >= 4 is 43.4 Å². The van der Waals surface area contributed by atoms with Crippen LogP contribution in [0.2, 0.25) is 0 Å². The van der Waals surface area contributed by atoms with Gasteiger partial charge < -0.3 is 25.0 Å². The second-order valence-electron chi connectivity index (χ2n) is 9.47. The molecule has 0 aliphatic carbocycles. The predicted octanol–water partition coefficient (Wildman–Crippen LogP) is 3.03. The second kappa shape index (κ2) is 11.1. The predicted molar refractivity (Wildman–Crippen MR) is 149 cm³/mol. The van der Waals surface area contributed by atoms with Crippen LogP contribution in [-0.4, -0.2) is 68.5 Å². The molecular formula is C27H31N3O6S2. The van der Waals surface area contributed by atoms with Gasteiger partial charge in [-0.1, -0.05) is 25.1 Å². The third-order valence-electron chi connectivity index (χ3n) is 6.73. The van der Waals surface area contributed by atoms with E-state index >= 15 is 0 Å². The van der Waals surface area contributed by atoms with Gasteiger partial charge >= 0.3 is 0 Å². The first kappa shape index (κ1) is 28.2. The lowest BCUT2D eigenvalue weighted by molar-refractivity contribution is -0.244. The topological polar surface area (TPSA) is 143 Å². The number of anilines is 1. The third-order valence-corrected chi connectivity index (χ3v) is 9.50. The van der Waals surface area contributed by atoms with Crippen LogP contribution in [0.5, 0.6) is 0 Å². The molecule has 1 aromatic heterocycles. The Hall–Kier alpha value is -2.82. The van der Waals surface area contributed by atoms with Gasteiger partial charge in [0, 0.05) is 29.5 Å². The molecule has 5 atom stereocenters. The van der Waals surface area contributed by atoms with E-state index in [9.17, 15) is 29.0 Å². The van der Waals surface area contributed by atoms with Gasteiger partial charge in [-0.05, 0) is 65.6 Å². The van der Waals surface area contributed by atoms with Gasteiger partial charge in [0.15, 0.2) is 11.2 Å². The number of thiophene rings is 1. The van der Waals surface area contributed by atoms with Crippen LogP contribution in [0, 0.1) is 11.3 Å². The van der Waals surface area contributed by atoms with E-state index in [1.807, 2.05) is 43.3 Å². The highest BCUT2D eigenvalue weighted by molar-refractivity contribution is 7.93. The first-order chi connectivity index (χ1) is 18.0. The zero-order valence-electron chi connectivity index (χ0n) is 21.5. The van der Waals surface area contributed by atoms with Crippen molar-refractivity contribution in [1.29, 1.82) is 5.26 Å². The fourth-order valence-electron chi connectivity index (χ4n) is 4.47. The number of allylic oxidation sites excluding steroid dienone is 2. The van der Waals surface area contributed by atoms with E-state index in [0.717, 1.165) is 26.9 Å². The van der Waals surface area contributed by atoms with Crippen molar-refractivity contribution in [2.24, 2.45) is 0 Å². The van der Waals surface area contributed by atoms with Crippen LogP contribution in [0.4, 0.5) is 5.69 Å². The average molecular weight is 558 g/mol. The number of nitriles is 1. The molecule has 0 amide bonds. The molecule has 9 nitrogen and oxygen atoms in total. The molecule has 202 valence electrons. The molecule has 11 heteroatoms. The Labute approximate surface area is 226 Å². The molecule has 1 saturated heterocycles. The van der Waals surface area contributed by atoms with Gasteiger partial charge in [-0.2, -0.15) is 9.98 Å². The Balaban J connectivity index is 1.61. The van der Waals surface area contributed by atoms with Crippen molar-refractivity contribution in [2.45, 2.75) is 50.9 Å². The summed E-state index contributed by atoms with van der Waals surface area (Å²) in [5.41, 5.74) is 2.28. The maximum atomic E-state index is 13.1. The monoisotopic (exact) mass is 557 g/mol. The third kappa shape index (κ3) is 5.48. The number of aliphatic hydroxyl groups is 3.